The Morgan fingerprint density at radius 1 is 0.933 bits per heavy atom. The summed E-state index contributed by atoms with van der Waals surface area (Å²) in [6, 6.07) is 9.47. The molecule has 2 aromatic rings. The minimum Gasteiger partial charge on any atom is -0.496 e. The fraction of sp³-hybridized carbons (Fsp3) is 0.381. The number of rotatable bonds is 8. The van der Waals surface area contributed by atoms with E-state index in [-0.39, 0.29) is 22.9 Å². The second-order valence-corrected chi connectivity index (χ2v) is 8.64. The van der Waals surface area contributed by atoms with Gasteiger partial charge in [-0.15, -0.1) is 0 Å². The van der Waals surface area contributed by atoms with Crippen LogP contribution < -0.4 is 18.9 Å². The van der Waals surface area contributed by atoms with Crippen molar-refractivity contribution in [1.82, 2.24) is 9.62 Å². The Balaban J connectivity index is 1.82. The summed E-state index contributed by atoms with van der Waals surface area (Å²) >= 11 is 0. The van der Waals surface area contributed by atoms with Gasteiger partial charge >= 0.3 is 0 Å². The molecule has 2 aromatic carbocycles. The fourth-order valence-electron chi connectivity index (χ4n) is 3.36. The van der Waals surface area contributed by atoms with Crippen LogP contribution in [0.3, 0.4) is 0 Å². The molecule has 9 heteroatoms. The maximum Gasteiger partial charge on any atom is 0.257 e. The van der Waals surface area contributed by atoms with E-state index in [9.17, 15) is 13.2 Å². The van der Waals surface area contributed by atoms with E-state index in [0.29, 0.717) is 35.9 Å². The first-order valence-electron chi connectivity index (χ1n) is 9.57. The van der Waals surface area contributed by atoms with Gasteiger partial charge in [0.25, 0.3) is 5.91 Å². The molecule has 1 heterocycles. The lowest BCUT2D eigenvalue weighted by molar-refractivity contribution is 0.0789. The van der Waals surface area contributed by atoms with E-state index in [4.69, 9.17) is 14.2 Å². The summed E-state index contributed by atoms with van der Waals surface area (Å²) in [5.74, 6) is 1.20. The number of likely N-dealkylation sites (tertiary alicyclic amines) is 1. The van der Waals surface area contributed by atoms with Crippen LogP contribution in [0.25, 0.3) is 0 Å². The maximum absolute atomic E-state index is 12.8. The Labute approximate surface area is 176 Å². The first-order chi connectivity index (χ1) is 14.4. The first kappa shape index (κ1) is 21.9. The summed E-state index contributed by atoms with van der Waals surface area (Å²) in [6.45, 7) is 1.39. The molecule has 0 unspecified atom stereocenters. The van der Waals surface area contributed by atoms with Gasteiger partial charge in [-0.2, -0.15) is 0 Å². The van der Waals surface area contributed by atoms with Gasteiger partial charge in [-0.1, -0.05) is 6.07 Å². The van der Waals surface area contributed by atoms with Crippen molar-refractivity contribution in [3.63, 3.8) is 0 Å². The average molecular weight is 435 g/mol. The van der Waals surface area contributed by atoms with Crippen LogP contribution in [0.2, 0.25) is 0 Å². The molecule has 0 spiro atoms. The number of hydrogen-bond acceptors (Lipinski definition) is 6. The van der Waals surface area contributed by atoms with Crippen LogP contribution in [-0.4, -0.2) is 53.6 Å². The molecule has 0 aliphatic carbocycles. The standard InChI is InChI=1S/C21H26N2O6S/c1-27-18-9-7-16(13-17(18)21(24)23-10-4-5-11-23)30(25,26)22-14-15-6-8-19(28-2)20(12-15)29-3/h6-9,12-13,22H,4-5,10-11,14H2,1-3H3. The molecule has 0 aromatic heterocycles. The van der Waals surface area contributed by atoms with Crippen molar-refractivity contribution in [2.75, 3.05) is 34.4 Å². The molecular formula is C21H26N2O6S. The summed E-state index contributed by atoms with van der Waals surface area (Å²) in [4.78, 5) is 14.5. The van der Waals surface area contributed by atoms with Gasteiger partial charge in [0.1, 0.15) is 5.75 Å². The van der Waals surface area contributed by atoms with Crippen molar-refractivity contribution < 1.29 is 27.4 Å². The summed E-state index contributed by atoms with van der Waals surface area (Å²) in [7, 11) is 0.660. The first-order valence-corrected chi connectivity index (χ1v) is 11.1. The lowest BCUT2D eigenvalue weighted by Crippen LogP contribution is -2.29. The number of hydrogen-bond donors (Lipinski definition) is 1. The Bertz CT molecular complexity index is 1020. The number of benzene rings is 2. The van der Waals surface area contributed by atoms with E-state index in [2.05, 4.69) is 4.72 Å². The third kappa shape index (κ3) is 4.68. The Kier molecular flexibility index (Phi) is 6.84. The highest BCUT2D eigenvalue weighted by molar-refractivity contribution is 7.89. The van der Waals surface area contributed by atoms with Crippen LogP contribution in [0.1, 0.15) is 28.8 Å². The van der Waals surface area contributed by atoms with Crippen LogP contribution in [0.15, 0.2) is 41.3 Å². The summed E-state index contributed by atoms with van der Waals surface area (Å²) in [5, 5.41) is 0. The number of nitrogens with zero attached hydrogens (tertiary/aromatic N) is 1. The average Bonchev–Trinajstić information content (AvgIpc) is 3.31. The molecule has 1 aliphatic heterocycles. The van der Waals surface area contributed by atoms with Crippen LogP contribution in [0, 0.1) is 0 Å². The van der Waals surface area contributed by atoms with E-state index in [1.807, 2.05) is 0 Å². The van der Waals surface area contributed by atoms with Crippen molar-refractivity contribution in [3.05, 3.63) is 47.5 Å². The van der Waals surface area contributed by atoms with E-state index < -0.39 is 10.0 Å². The zero-order valence-corrected chi connectivity index (χ0v) is 18.1. The topological polar surface area (TPSA) is 94.2 Å². The molecule has 0 saturated carbocycles. The third-order valence-corrected chi connectivity index (χ3v) is 6.42. The Morgan fingerprint density at radius 2 is 1.57 bits per heavy atom. The summed E-state index contributed by atoms with van der Waals surface area (Å²) in [6.07, 6.45) is 1.89. The maximum atomic E-state index is 12.8. The largest absolute Gasteiger partial charge is 0.496 e. The smallest absolute Gasteiger partial charge is 0.257 e. The quantitative estimate of drug-likeness (QED) is 0.686. The van der Waals surface area contributed by atoms with Crippen molar-refractivity contribution in [3.8, 4) is 17.2 Å². The van der Waals surface area contributed by atoms with Gasteiger partial charge < -0.3 is 19.1 Å². The van der Waals surface area contributed by atoms with Gasteiger partial charge in [-0.25, -0.2) is 13.1 Å². The second-order valence-electron chi connectivity index (χ2n) is 6.88. The number of sulfonamides is 1. The Hall–Kier alpha value is -2.78. The van der Waals surface area contributed by atoms with E-state index in [0.717, 1.165) is 12.8 Å². The SMILES string of the molecule is COc1ccc(CNS(=O)(=O)c2ccc(OC)c(C(=O)N3CCCC3)c2)cc1OC. The van der Waals surface area contributed by atoms with Crippen LogP contribution in [-0.2, 0) is 16.6 Å². The molecule has 30 heavy (non-hydrogen) atoms. The van der Waals surface area contributed by atoms with E-state index in [1.54, 1.807) is 23.1 Å². The fourth-order valence-corrected chi connectivity index (χ4v) is 4.41. The summed E-state index contributed by atoms with van der Waals surface area (Å²) < 4.78 is 44.0. The lowest BCUT2D eigenvalue weighted by atomic mass is 10.1. The molecule has 1 amide bonds. The lowest BCUT2D eigenvalue weighted by Gasteiger charge is -2.18. The molecule has 1 saturated heterocycles. The predicted octanol–water partition coefficient (Wildman–Crippen LogP) is 2.43. The molecule has 1 N–H and O–H groups in total. The monoisotopic (exact) mass is 434 g/mol. The molecule has 1 fully saturated rings. The number of methoxy groups -OCH3 is 3. The molecule has 1 aliphatic rings. The number of carbonyl (C=O) groups is 1. The predicted molar refractivity (Wildman–Crippen MR) is 112 cm³/mol. The Morgan fingerprint density at radius 3 is 2.20 bits per heavy atom. The molecule has 0 atom stereocenters. The van der Waals surface area contributed by atoms with Gasteiger partial charge in [0, 0.05) is 19.6 Å². The number of nitrogens with one attached hydrogen (secondary N) is 1. The van der Waals surface area contributed by atoms with Gasteiger partial charge in [0.2, 0.25) is 10.0 Å². The minimum absolute atomic E-state index is 0.00586. The van der Waals surface area contributed by atoms with Crippen LogP contribution >= 0.6 is 0 Å². The molecular weight excluding hydrogens is 408 g/mol. The molecule has 0 bridgehead atoms. The second kappa shape index (κ2) is 9.36. The van der Waals surface area contributed by atoms with Gasteiger partial charge in [0.15, 0.2) is 11.5 Å². The van der Waals surface area contributed by atoms with Gasteiger partial charge in [0.05, 0.1) is 31.8 Å². The van der Waals surface area contributed by atoms with Crippen LogP contribution in [0.4, 0.5) is 0 Å². The van der Waals surface area contributed by atoms with E-state index >= 15 is 0 Å². The van der Waals surface area contributed by atoms with Crippen LogP contribution in [0.5, 0.6) is 17.2 Å². The highest BCUT2D eigenvalue weighted by atomic mass is 32.2. The molecule has 3 rings (SSSR count). The molecule has 162 valence electrons. The zero-order chi connectivity index (χ0) is 21.7. The van der Waals surface area contributed by atoms with Crippen molar-refractivity contribution in [1.29, 1.82) is 0 Å². The third-order valence-electron chi connectivity index (χ3n) is 5.02. The van der Waals surface area contributed by atoms with E-state index in [1.165, 1.54) is 39.5 Å². The highest BCUT2D eigenvalue weighted by Crippen LogP contribution is 2.28. The number of ether oxygens (including phenoxy) is 3. The van der Waals surface area contributed by atoms with Crippen molar-refractivity contribution >= 4 is 15.9 Å². The molecule has 8 nitrogen and oxygen atoms in total. The number of carbonyl (C=O) groups excluding carboxylic acids is 1. The normalized spacial score (nSPS) is 13.9. The summed E-state index contributed by atoms with van der Waals surface area (Å²) in [5.41, 5.74) is 0.950. The van der Waals surface area contributed by atoms with Gasteiger partial charge in [-0.3, -0.25) is 4.79 Å². The van der Waals surface area contributed by atoms with Gasteiger partial charge in [-0.05, 0) is 48.7 Å². The number of amides is 1. The van der Waals surface area contributed by atoms with Crippen molar-refractivity contribution in [2.45, 2.75) is 24.3 Å². The van der Waals surface area contributed by atoms with Crippen molar-refractivity contribution in [2.24, 2.45) is 0 Å². The molecule has 0 radical (unpaired) electrons. The minimum atomic E-state index is -3.85. The highest BCUT2D eigenvalue weighted by Gasteiger charge is 2.25. The zero-order valence-electron chi connectivity index (χ0n) is 17.3.